The van der Waals surface area contributed by atoms with Crippen LogP contribution in [-0.4, -0.2) is 4.57 Å². The van der Waals surface area contributed by atoms with Crippen LogP contribution in [0.15, 0.2) is 53.3 Å². The molecule has 2 nitrogen and oxygen atoms in total. The summed E-state index contributed by atoms with van der Waals surface area (Å²) in [4.78, 5) is 12.5. The van der Waals surface area contributed by atoms with Crippen molar-refractivity contribution in [2.24, 2.45) is 0 Å². The Balaban J connectivity index is 2.45. The fraction of sp³-hybridized carbons (Fsp3) is 0.235. The summed E-state index contributed by atoms with van der Waals surface area (Å²) in [5.74, 6) is 0. The monoisotopic (exact) mass is 251 g/mol. The van der Waals surface area contributed by atoms with E-state index in [-0.39, 0.29) is 5.43 Å². The summed E-state index contributed by atoms with van der Waals surface area (Å²) in [6, 6.07) is 15.8. The van der Waals surface area contributed by atoms with Gasteiger partial charge in [-0.3, -0.25) is 4.79 Å². The predicted molar refractivity (Wildman–Crippen MR) is 80.6 cm³/mol. The highest BCUT2D eigenvalue weighted by Crippen LogP contribution is 2.19. The van der Waals surface area contributed by atoms with Gasteiger partial charge in [-0.2, -0.15) is 0 Å². The van der Waals surface area contributed by atoms with E-state index in [1.54, 1.807) is 0 Å². The maximum atomic E-state index is 12.5. The number of aryl methyl sites for hydroxylation is 1. The smallest absolute Gasteiger partial charge is 0.197 e. The second-order valence-electron chi connectivity index (χ2n) is 4.87. The highest BCUT2D eigenvalue weighted by Gasteiger charge is 2.09. The Labute approximate surface area is 112 Å². The Morgan fingerprint density at radius 3 is 1.95 bits per heavy atom. The summed E-state index contributed by atoms with van der Waals surface area (Å²) < 4.78 is 2.27. The molecule has 0 saturated carbocycles. The molecule has 2 aromatic carbocycles. The van der Waals surface area contributed by atoms with Gasteiger partial charge in [0.05, 0.1) is 11.0 Å². The molecule has 0 fully saturated rings. The van der Waals surface area contributed by atoms with Crippen molar-refractivity contribution in [3.63, 3.8) is 0 Å². The number of hydrogen-bond acceptors (Lipinski definition) is 1. The molecule has 0 spiro atoms. The Kier molecular flexibility index (Phi) is 3.08. The zero-order valence-corrected chi connectivity index (χ0v) is 11.1. The van der Waals surface area contributed by atoms with E-state index in [9.17, 15) is 4.79 Å². The molecular formula is C17H17NO. The summed E-state index contributed by atoms with van der Waals surface area (Å²) in [5.41, 5.74) is 2.22. The first-order valence-corrected chi connectivity index (χ1v) is 6.83. The zero-order chi connectivity index (χ0) is 13.2. The average molecular weight is 251 g/mol. The van der Waals surface area contributed by atoms with Crippen LogP contribution in [0.2, 0.25) is 0 Å². The van der Waals surface area contributed by atoms with E-state index in [1.807, 2.05) is 48.5 Å². The molecule has 0 aliphatic heterocycles. The first-order valence-electron chi connectivity index (χ1n) is 6.83. The van der Waals surface area contributed by atoms with Crippen LogP contribution in [0.4, 0.5) is 0 Å². The van der Waals surface area contributed by atoms with Crippen molar-refractivity contribution in [2.75, 3.05) is 0 Å². The van der Waals surface area contributed by atoms with Gasteiger partial charge in [0.15, 0.2) is 5.43 Å². The van der Waals surface area contributed by atoms with Crippen LogP contribution in [0, 0.1) is 0 Å². The first kappa shape index (κ1) is 12.0. The molecule has 19 heavy (non-hydrogen) atoms. The van der Waals surface area contributed by atoms with Crippen LogP contribution in [0.25, 0.3) is 21.8 Å². The Hall–Kier alpha value is -2.09. The van der Waals surface area contributed by atoms with Gasteiger partial charge >= 0.3 is 0 Å². The van der Waals surface area contributed by atoms with E-state index in [0.717, 1.165) is 41.2 Å². The molecule has 96 valence electrons. The van der Waals surface area contributed by atoms with Gasteiger partial charge in [0.1, 0.15) is 0 Å². The van der Waals surface area contributed by atoms with Gasteiger partial charge in [-0.1, -0.05) is 37.6 Å². The minimum absolute atomic E-state index is 0.138. The number of aromatic nitrogens is 1. The lowest BCUT2D eigenvalue weighted by Crippen LogP contribution is -2.11. The lowest BCUT2D eigenvalue weighted by Gasteiger charge is -2.14. The average Bonchev–Trinajstić information content (AvgIpc) is 2.47. The second kappa shape index (κ2) is 4.88. The van der Waals surface area contributed by atoms with Gasteiger partial charge in [0, 0.05) is 17.3 Å². The van der Waals surface area contributed by atoms with Crippen LogP contribution in [-0.2, 0) is 6.54 Å². The summed E-state index contributed by atoms with van der Waals surface area (Å²) in [6.07, 6.45) is 2.27. The molecule has 0 unspecified atom stereocenters. The molecule has 3 aromatic rings. The Morgan fingerprint density at radius 1 is 0.895 bits per heavy atom. The molecule has 2 heteroatoms. The Morgan fingerprint density at radius 2 is 1.42 bits per heavy atom. The fourth-order valence-corrected chi connectivity index (χ4v) is 2.63. The summed E-state index contributed by atoms with van der Waals surface area (Å²) >= 11 is 0. The molecule has 0 atom stereocenters. The summed E-state index contributed by atoms with van der Waals surface area (Å²) in [7, 11) is 0. The maximum Gasteiger partial charge on any atom is 0.197 e. The third kappa shape index (κ3) is 1.93. The van der Waals surface area contributed by atoms with Crippen molar-refractivity contribution >= 4 is 21.8 Å². The van der Waals surface area contributed by atoms with E-state index in [0.29, 0.717) is 0 Å². The standard InChI is InChI=1S/C17H17NO/c1-2-3-12-18-15-10-6-4-8-13(15)17(19)14-9-5-7-11-16(14)18/h4-11H,2-3,12H2,1H3. The second-order valence-corrected chi connectivity index (χ2v) is 4.87. The number of fused-ring (bicyclic) bond motifs is 2. The molecule has 0 bridgehead atoms. The highest BCUT2D eigenvalue weighted by atomic mass is 16.1. The molecule has 1 heterocycles. The molecule has 0 saturated heterocycles. The van der Waals surface area contributed by atoms with Gasteiger partial charge in [-0.05, 0) is 30.7 Å². The number of hydrogen-bond donors (Lipinski definition) is 0. The van der Waals surface area contributed by atoms with Crippen LogP contribution < -0.4 is 5.43 Å². The molecule has 1 aromatic heterocycles. The van der Waals surface area contributed by atoms with Gasteiger partial charge in [-0.25, -0.2) is 0 Å². The van der Waals surface area contributed by atoms with Crippen molar-refractivity contribution < 1.29 is 0 Å². The third-order valence-corrected chi connectivity index (χ3v) is 3.61. The number of rotatable bonds is 3. The highest BCUT2D eigenvalue weighted by molar-refractivity contribution is 5.93. The van der Waals surface area contributed by atoms with E-state index < -0.39 is 0 Å². The van der Waals surface area contributed by atoms with Crippen molar-refractivity contribution in [2.45, 2.75) is 26.3 Å². The van der Waals surface area contributed by atoms with E-state index >= 15 is 0 Å². The van der Waals surface area contributed by atoms with Gasteiger partial charge < -0.3 is 4.57 Å². The minimum Gasteiger partial charge on any atom is -0.340 e. The van der Waals surface area contributed by atoms with E-state index in [2.05, 4.69) is 11.5 Å². The molecule has 0 aliphatic carbocycles. The largest absolute Gasteiger partial charge is 0.340 e. The number of benzene rings is 2. The molecule has 0 radical (unpaired) electrons. The molecular weight excluding hydrogens is 234 g/mol. The number of para-hydroxylation sites is 2. The SMILES string of the molecule is CCCCn1c2ccccc2c(=O)c2ccccc21. The molecule has 0 N–H and O–H groups in total. The van der Waals surface area contributed by atoms with Crippen LogP contribution in [0.5, 0.6) is 0 Å². The number of pyridine rings is 1. The molecule has 0 amide bonds. The van der Waals surface area contributed by atoms with Crippen molar-refractivity contribution in [3.8, 4) is 0 Å². The predicted octanol–water partition coefficient (Wildman–Crippen LogP) is 3.95. The topological polar surface area (TPSA) is 22.0 Å². The van der Waals surface area contributed by atoms with Gasteiger partial charge in [-0.15, -0.1) is 0 Å². The number of nitrogens with zero attached hydrogens (tertiary/aromatic N) is 1. The molecule has 3 rings (SSSR count). The lowest BCUT2D eigenvalue weighted by molar-refractivity contribution is 0.662. The zero-order valence-electron chi connectivity index (χ0n) is 11.1. The van der Waals surface area contributed by atoms with Crippen LogP contribution in [0.3, 0.4) is 0 Å². The third-order valence-electron chi connectivity index (χ3n) is 3.61. The summed E-state index contributed by atoms with van der Waals surface area (Å²) in [6.45, 7) is 3.14. The van der Waals surface area contributed by atoms with Gasteiger partial charge in [0.2, 0.25) is 0 Å². The van der Waals surface area contributed by atoms with Gasteiger partial charge in [0.25, 0.3) is 0 Å². The maximum absolute atomic E-state index is 12.5. The van der Waals surface area contributed by atoms with Crippen LogP contribution >= 0.6 is 0 Å². The minimum atomic E-state index is 0.138. The first-order chi connectivity index (χ1) is 9.33. The fourth-order valence-electron chi connectivity index (χ4n) is 2.63. The summed E-state index contributed by atoms with van der Waals surface area (Å²) in [5, 5.41) is 1.63. The Bertz CT molecular complexity index is 726. The van der Waals surface area contributed by atoms with Crippen LogP contribution in [0.1, 0.15) is 19.8 Å². The normalized spacial score (nSPS) is 11.2. The van der Waals surface area contributed by atoms with Crippen molar-refractivity contribution in [1.29, 1.82) is 0 Å². The van der Waals surface area contributed by atoms with Crippen molar-refractivity contribution in [1.82, 2.24) is 4.57 Å². The van der Waals surface area contributed by atoms with Crippen molar-refractivity contribution in [3.05, 3.63) is 58.8 Å². The number of unbranched alkanes of at least 4 members (excludes halogenated alkanes) is 1. The lowest BCUT2D eigenvalue weighted by atomic mass is 10.1. The molecule has 0 aliphatic rings. The quantitative estimate of drug-likeness (QED) is 0.646. The van der Waals surface area contributed by atoms with E-state index in [4.69, 9.17) is 0 Å². The van der Waals surface area contributed by atoms with E-state index in [1.165, 1.54) is 0 Å².